The Kier molecular flexibility index (Phi) is 11.3. The van der Waals surface area contributed by atoms with E-state index in [0.29, 0.717) is 25.5 Å². The fourth-order valence-corrected chi connectivity index (χ4v) is 5.75. The van der Waals surface area contributed by atoms with Crippen LogP contribution >= 0.6 is 8.03 Å². The summed E-state index contributed by atoms with van der Waals surface area (Å²) < 4.78 is 29.5. The lowest BCUT2D eigenvalue weighted by atomic mass is 9.89. The Morgan fingerprint density at radius 1 is 0.821 bits per heavy atom. The van der Waals surface area contributed by atoms with Crippen molar-refractivity contribution in [2.45, 2.75) is 56.4 Å². The quantitative estimate of drug-likeness (QED) is 0.172. The van der Waals surface area contributed by atoms with E-state index in [2.05, 4.69) is 5.32 Å². The van der Waals surface area contributed by atoms with Gasteiger partial charge in [-0.05, 0) is 61.2 Å². The van der Waals surface area contributed by atoms with Gasteiger partial charge in [0.2, 0.25) is 0 Å². The number of nitrogens with one attached hydrogen (secondary N) is 1. The summed E-state index contributed by atoms with van der Waals surface area (Å²) in [5.74, 6) is 2.10. The van der Waals surface area contributed by atoms with E-state index in [1.165, 1.54) is 0 Å². The highest BCUT2D eigenvalue weighted by molar-refractivity contribution is 7.40. The van der Waals surface area contributed by atoms with E-state index in [1.807, 2.05) is 78.9 Å². The summed E-state index contributed by atoms with van der Waals surface area (Å²) in [6, 6.07) is 25.3. The van der Waals surface area contributed by atoms with E-state index < -0.39 is 19.3 Å². The second-order valence-corrected chi connectivity index (χ2v) is 11.9. The van der Waals surface area contributed by atoms with Crippen molar-refractivity contribution in [3.05, 3.63) is 90.0 Å². The van der Waals surface area contributed by atoms with Gasteiger partial charge in [-0.1, -0.05) is 67.8 Å². The summed E-state index contributed by atoms with van der Waals surface area (Å²) >= 11 is 0. The van der Waals surface area contributed by atoms with Crippen LogP contribution in [-0.4, -0.2) is 47.6 Å². The molecular formula is C31H40NO6P. The molecule has 0 spiro atoms. The third kappa shape index (κ3) is 9.40. The van der Waals surface area contributed by atoms with E-state index in [0.717, 1.165) is 67.7 Å². The topological polar surface area (TPSA) is 97.3 Å². The molecule has 3 aromatic rings. The molecule has 0 aliphatic heterocycles. The van der Waals surface area contributed by atoms with Crippen LogP contribution in [0.25, 0.3) is 0 Å². The summed E-state index contributed by atoms with van der Waals surface area (Å²) in [6.45, 7) is 2.11. The number of hydrogen-bond donors (Lipinski definition) is 3. The van der Waals surface area contributed by atoms with E-state index in [9.17, 15) is 14.6 Å². The zero-order valence-electron chi connectivity index (χ0n) is 22.4. The van der Waals surface area contributed by atoms with Crippen molar-refractivity contribution < 1.29 is 28.8 Å². The molecule has 4 rings (SSSR count). The number of aliphatic hydroxyl groups excluding tert-OH is 1. The summed E-state index contributed by atoms with van der Waals surface area (Å²) in [7, 11) is -2.65. The molecule has 0 saturated heterocycles. The van der Waals surface area contributed by atoms with Crippen molar-refractivity contribution in [3.8, 4) is 17.2 Å². The minimum Gasteiger partial charge on any atom is -0.492 e. The Morgan fingerprint density at radius 2 is 1.54 bits per heavy atom. The van der Waals surface area contributed by atoms with Gasteiger partial charge in [-0.3, -0.25) is 4.57 Å². The molecule has 3 N–H and O–H groups in total. The third-order valence-corrected chi connectivity index (χ3v) is 8.72. The lowest BCUT2D eigenvalue weighted by Gasteiger charge is -2.34. The number of ether oxygens (including phenoxy) is 3. The van der Waals surface area contributed by atoms with E-state index in [1.54, 1.807) is 0 Å². The van der Waals surface area contributed by atoms with Crippen LogP contribution < -0.4 is 19.5 Å². The summed E-state index contributed by atoms with van der Waals surface area (Å²) in [5, 5.41) is 13.0. The highest BCUT2D eigenvalue weighted by Gasteiger charge is 2.38. The van der Waals surface area contributed by atoms with Crippen LogP contribution in [0.3, 0.4) is 0 Å². The molecule has 0 heterocycles. The predicted octanol–water partition coefficient (Wildman–Crippen LogP) is 5.39. The molecule has 3 aromatic carbocycles. The van der Waals surface area contributed by atoms with Gasteiger partial charge in [0.25, 0.3) is 0 Å². The average Bonchev–Trinajstić information content (AvgIpc) is 2.98. The molecule has 210 valence electrons. The van der Waals surface area contributed by atoms with Crippen molar-refractivity contribution in [3.63, 3.8) is 0 Å². The molecule has 1 fully saturated rings. The van der Waals surface area contributed by atoms with Gasteiger partial charge < -0.3 is 29.5 Å². The van der Waals surface area contributed by atoms with Crippen molar-refractivity contribution in [1.82, 2.24) is 5.32 Å². The van der Waals surface area contributed by atoms with Gasteiger partial charge in [-0.2, -0.15) is 0 Å². The van der Waals surface area contributed by atoms with Crippen molar-refractivity contribution >= 4 is 8.03 Å². The van der Waals surface area contributed by atoms with Crippen LogP contribution in [0.1, 0.15) is 43.2 Å². The van der Waals surface area contributed by atoms with Gasteiger partial charge in [0.05, 0.1) is 5.16 Å². The molecule has 39 heavy (non-hydrogen) atoms. The van der Waals surface area contributed by atoms with E-state index >= 15 is 0 Å². The molecule has 0 bridgehead atoms. The molecule has 7 nitrogen and oxygen atoms in total. The monoisotopic (exact) mass is 553 g/mol. The van der Waals surface area contributed by atoms with Crippen LogP contribution in [0.2, 0.25) is 0 Å². The third-order valence-electron chi connectivity index (χ3n) is 7.17. The lowest BCUT2D eigenvalue weighted by Crippen LogP contribution is -2.34. The molecule has 2 atom stereocenters. The minimum absolute atomic E-state index is 0.183. The maximum absolute atomic E-state index is 12.0. The van der Waals surface area contributed by atoms with Crippen LogP contribution in [0.15, 0.2) is 78.9 Å². The highest BCUT2D eigenvalue weighted by atomic mass is 31.1. The second kappa shape index (κ2) is 15.1. The molecule has 8 heteroatoms. The van der Waals surface area contributed by atoms with Crippen LogP contribution in [0, 0.1) is 0 Å². The van der Waals surface area contributed by atoms with Crippen molar-refractivity contribution in [1.29, 1.82) is 0 Å². The van der Waals surface area contributed by atoms with Crippen molar-refractivity contribution in [2.75, 3.05) is 26.3 Å². The van der Waals surface area contributed by atoms with Gasteiger partial charge in [-0.25, -0.2) is 0 Å². The highest BCUT2D eigenvalue weighted by Crippen LogP contribution is 2.46. The number of rotatable bonds is 15. The predicted molar refractivity (Wildman–Crippen MR) is 154 cm³/mol. The second-order valence-electron chi connectivity index (χ2n) is 10.2. The molecule has 2 unspecified atom stereocenters. The Hall–Kier alpha value is -2.83. The Labute approximate surface area is 232 Å². The van der Waals surface area contributed by atoms with Gasteiger partial charge >= 0.3 is 0 Å². The standard InChI is InChI=1S/C31H40NO6P/c33-27(23-37-30-11-7-10-29(20-30)36-22-26-8-3-1-4-9-26)21-32-19-16-25-12-14-28(15-13-25)38-24-31(39(34)35)17-5-2-6-18-31/h1,3-4,7-15,20,27,32-33,39H,2,5-6,16-19,21-24H2,(H,34,35). The summed E-state index contributed by atoms with van der Waals surface area (Å²) in [6.07, 6.45) is 4.80. The lowest BCUT2D eigenvalue weighted by molar-refractivity contribution is 0.106. The Balaban J connectivity index is 1.11. The Bertz CT molecular complexity index is 1150. The smallest absolute Gasteiger partial charge is 0.198 e. The largest absolute Gasteiger partial charge is 0.492 e. The average molecular weight is 554 g/mol. The van der Waals surface area contributed by atoms with Gasteiger partial charge in [-0.15, -0.1) is 0 Å². The van der Waals surface area contributed by atoms with E-state index in [4.69, 9.17) is 14.2 Å². The SMILES string of the molecule is O=[PH](O)C1(COc2ccc(CCNCC(O)COc3cccc(OCc4ccccc4)c3)cc2)CCCCC1. The van der Waals surface area contributed by atoms with Crippen molar-refractivity contribution in [2.24, 2.45) is 0 Å². The minimum atomic E-state index is -2.65. The first-order valence-electron chi connectivity index (χ1n) is 13.8. The van der Waals surface area contributed by atoms with E-state index in [-0.39, 0.29) is 6.61 Å². The molecule has 1 aliphatic rings. The maximum atomic E-state index is 12.0. The molecule has 0 amide bonds. The fourth-order valence-electron chi connectivity index (χ4n) is 4.77. The first kappa shape index (κ1) is 29.2. The Morgan fingerprint density at radius 3 is 2.26 bits per heavy atom. The van der Waals surface area contributed by atoms with Gasteiger partial charge in [0, 0.05) is 12.6 Å². The fraction of sp³-hybridized carbons (Fsp3) is 0.419. The number of benzene rings is 3. The first-order chi connectivity index (χ1) is 19.0. The zero-order chi connectivity index (χ0) is 27.3. The molecule has 1 saturated carbocycles. The number of hydrogen-bond acceptors (Lipinski definition) is 6. The number of aliphatic hydroxyl groups is 1. The van der Waals surface area contributed by atoms with Crippen LogP contribution in [-0.2, 0) is 17.6 Å². The maximum Gasteiger partial charge on any atom is 0.198 e. The van der Waals surface area contributed by atoms with Crippen LogP contribution in [0.4, 0.5) is 0 Å². The normalized spacial score (nSPS) is 16.3. The molecule has 0 aromatic heterocycles. The molecule has 0 radical (unpaired) electrons. The molecule has 1 aliphatic carbocycles. The van der Waals surface area contributed by atoms with Gasteiger partial charge in [0.1, 0.15) is 43.2 Å². The first-order valence-corrected chi connectivity index (χ1v) is 15.1. The molecular weight excluding hydrogens is 513 g/mol. The summed E-state index contributed by atoms with van der Waals surface area (Å²) in [4.78, 5) is 9.90. The summed E-state index contributed by atoms with van der Waals surface area (Å²) in [5.41, 5.74) is 2.25. The zero-order valence-corrected chi connectivity index (χ0v) is 23.4. The van der Waals surface area contributed by atoms with Crippen LogP contribution in [0.5, 0.6) is 17.2 Å². The van der Waals surface area contributed by atoms with Gasteiger partial charge in [0.15, 0.2) is 8.03 Å².